The number of rotatable bonds is 2. The lowest BCUT2D eigenvalue weighted by Crippen LogP contribution is -1.91. The van der Waals surface area contributed by atoms with Gasteiger partial charge >= 0.3 is 0 Å². The minimum absolute atomic E-state index is 0.408. The highest BCUT2D eigenvalue weighted by Gasteiger charge is 2.11. The van der Waals surface area contributed by atoms with Gasteiger partial charge in [0.2, 0.25) is 0 Å². The van der Waals surface area contributed by atoms with Crippen LogP contribution in [0.2, 0.25) is 0 Å². The predicted octanol–water partition coefficient (Wildman–Crippen LogP) is 2.28. The van der Waals surface area contributed by atoms with Crippen LogP contribution in [0.15, 0.2) is 16.3 Å². The molecule has 0 N–H and O–H groups in total. The predicted molar refractivity (Wildman–Crippen MR) is 51.5 cm³/mol. The summed E-state index contributed by atoms with van der Waals surface area (Å²) in [6, 6.07) is 3.56. The van der Waals surface area contributed by atoms with Crippen molar-refractivity contribution in [3.63, 3.8) is 0 Å². The molecule has 1 aromatic rings. The third-order valence-electron chi connectivity index (χ3n) is 1.54. The smallest absolute Gasteiger partial charge is 0.184 e. The van der Waals surface area contributed by atoms with Gasteiger partial charge in [-0.15, -0.1) is 11.3 Å². The van der Waals surface area contributed by atoms with Crippen LogP contribution in [0.1, 0.15) is 24.6 Å². The third kappa shape index (κ3) is 2.08. The Morgan fingerprint density at radius 1 is 1.33 bits per heavy atom. The van der Waals surface area contributed by atoms with Crippen molar-refractivity contribution in [3.05, 3.63) is 17.0 Å². The van der Waals surface area contributed by atoms with E-state index < -0.39 is 9.84 Å². The van der Waals surface area contributed by atoms with Gasteiger partial charge in [0, 0.05) is 11.1 Å². The van der Waals surface area contributed by atoms with Crippen molar-refractivity contribution in [2.75, 3.05) is 6.26 Å². The van der Waals surface area contributed by atoms with E-state index in [1.165, 1.54) is 17.6 Å². The van der Waals surface area contributed by atoms with Gasteiger partial charge in [0.25, 0.3) is 0 Å². The quantitative estimate of drug-likeness (QED) is 0.740. The van der Waals surface area contributed by atoms with Crippen LogP contribution in [-0.4, -0.2) is 14.7 Å². The van der Waals surface area contributed by atoms with E-state index >= 15 is 0 Å². The fourth-order valence-electron chi connectivity index (χ4n) is 0.844. The Bertz CT molecular complexity index is 360. The summed E-state index contributed by atoms with van der Waals surface area (Å²) < 4.78 is 22.6. The lowest BCUT2D eigenvalue weighted by molar-refractivity contribution is 0.604. The lowest BCUT2D eigenvalue weighted by atomic mass is 10.2. The van der Waals surface area contributed by atoms with Crippen LogP contribution in [0.5, 0.6) is 0 Å². The van der Waals surface area contributed by atoms with Crippen LogP contribution < -0.4 is 0 Å². The monoisotopic (exact) mass is 204 g/mol. The fraction of sp³-hybridized carbons (Fsp3) is 0.500. The molecule has 0 aliphatic rings. The SMILES string of the molecule is CC(C)c1ccc(S(C)(=O)=O)s1. The molecule has 0 aliphatic heterocycles. The zero-order valence-corrected chi connectivity index (χ0v) is 9.00. The van der Waals surface area contributed by atoms with E-state index in [1.807, 2.05) is 6.07 Å². The van der Waals surface area contributed by atoms with Gasteiger partial charge in [0.05, 0.1) is 0 Å². The first-order valence-corrected chi connectivity index (χ1v) is 6.42. The second-order valence-corrected chi connectivity index (χ2v) is 6.44. The van der Waals surface area contributed by atoms with Gasteiger partial charge in [0.1, 0.15) is 4.21 Å². The maximum Gasteiger partial charge on any atom is 0.184 e. The molecular formula is C8H12O2S2. The van der Waals surface area contributed by atoms with E-state index in [-0.39, 0.29) is 0 Å². The average molecular weight is 204 g/mol. The van der Waals surface area contributed by atoms with Gasteiger partial charge in [-0.3, -0.25) is 0 Å². The van der Waals surface area contributed by atoms with E-state index in [4.69, 9.17) is 0 Å². The van der Waals surface area contributed by atoms with E-state index in [9.17, 15) is 8.42 Å². The fourth-order valence-corrected chi connectivity index (χ4v) is 2.79. The highest BCUT2D eigenvalue weighted by atomic mass is 32.2. The van der Waals surface area contributed by atoms with E-state index in [2.05, 4.69) is 13.8 Å². The standard InChI is InChI=1S/C8H12O2S2/c1-6(2)7-4-5-8(11-7)12(3,9)10/h4-6H,1-3H3. The lowest BCUT2D eigenvalue weighted by Gasteiger charge is -1.97. The third-order valence-corrected chi connectivity index (χ3v) is 4.74. The van der Waals surface area contributed by atoms with Crippen molar-refractivity contribution in [3.8, 4) is 0 Å². The Morgan fingerprint density at radius 3 is 2.17 bits per heavy atom. The van der Waals surface area contributed by atoms with Gasteiger partial charge in [-0.05, 0) is 18.1 Å². The van der Waals surface area contributed by atoms with Crippen LogP contribution >= 0.6 is 11.3 Å². The van der Waals surface area contributed by atoms with Crippen molar-refractivity contribution in [2.24, 2.45) is 0 Å². The maximum absolute atomic E-state index is 11.1. The molecule has 0 aliphatic carbocycles. The van der Waals surface area contributed by atoms with Crippen molar-refractivity contribution in [2.45, 2.75) is 24.0 Å². The Balaban J connectivity index is 3.09. The number of sulfone groups is 1. The molecule has 0 saturated heterocycles. The van der Waals surface area contributed by atoms with Crippen molar-refractivity contribution < 1.29 is 8.42 Å². The molecule has 0 amide bonds. The van der Waals surface area contributed by atoms with Crippen LogP contribution in [-0.2, 0) is 9.84 Å². The maximum atomic E-state index is 11.1. The van der Waals surface area contributed by atoms with E-state index in [0.29, 0.717) is 10.1 Å². The van der Waals surface area contributed by atoms with E-state index in [1.54, 1.807) is 6.07 Å². The summed E-state index contributed by atoms with van der Waals surface area (Å²) in [5.74, 6) is 0.408. The molecule has 0 spiro atoms. The summed E-state index contributed by atoms with van der Waals surface area (Å²) in [5.41, 5.74) is 0. The molecule has 1 aromatic heterocycles. The topological polar surface area (TPSA) is 34.1 Å². The molecule has 12 heavy (non-hydrogen) atoms. The van der Waals surface area contributed by atoms with Crippen LogP contribution in [0.3, 0.4) is 0 Å². The number of thiophene rings is 1. The summed E-state index contributed by atoms with van der Waals surface area (Å²) in [4.78, 5) is 1.12. The van der Waals surface area contributed by atoms with E-state index in [0.717, 1.165) is 4.88 Å². The highest BCUT2D eigenvalue weighted by Crippen LogP contribution is 2.27. The highest BCUT2D eigenvalue weighted by molar-refractivity contribution is 7.92. The molecule has 1 heterocycles. The molecule has 4 heteroatoms. The normalized spacial score (nSPS) is 12.3. The van der Waals surface area contributed by atoms with Crippen LogP contribution in [0.25, 0.3) is 0 Å². The second-order valence-electron chi connectivity index (χ2n) is 3.08. The first-order valence-electron chi connectivity index (χ1n) is 3.71. The molecule has 0 saturated carbocycles. The summed E-state index contributed by atoms with van der Waals surface area (Å²) in [5, 5.41) is 0. The van der Waals surface area contributed by atoms with Crippen molar-refractivity contribution >= 4 is 21.2 Å². The summed E-state index contributed by atoms with van der Waals surface area (Å²) >= 11 is 1.36. The number of hydrogen-bond donors (Lipinski definition) is 0. The average Bonchev–Trinajstić information content (AvgIpc) is 2.30. The van der Waals surface area contributed by atoms with Gasteiger partial charge in [-0.1, -0.05) is 13.8 Å². The minimum atomic E-state index is -3.00. The molecule has 0 aromatic carbocycles. The van der Waals surface area contributed by atoms with Gasteiger partial charge in [-0.2, -0.15) is 0 Å². The van der Waals surface area contributed by atoms with Crippen LogP contribution in [0.4, 0.5) is 0 Å². The first kappa shape index (κ1) is 9.74. The van der Waals surface area contributed by atoms with Gasteiger partial charge < -0.3 is 0 Å². The molecule has 0 fully saturated rings. The Kier molecular flexibility index (Phi) is 2.58. The van der Waals surface area contributed by atoms with Crippen molar-refractivity contribution in [1.29, 1.82) is 0 Å². The summed E-state index contributed by atoms with van der Waals surface area (Å²) in [6.07, 6.45) is 1.24. The molecule has 0 radical (unpaired) electrons. The Morgan fingerprint density at radius 2 is 1.92 bits per heavy atom. The summed E-state index contributed by atoms with van der Waals surface area (Å²) in [6.45, 7) is 4.11. The molecule has 0 unspecified atom stereocenters. The zero-order valence-electron chi connectivity index (χ0n) is 7.37. The minimum Gasteiger partial charge on any atom is -0.223 e. The largest absolute Gasteiger partial charge is 0.223 e. The van der Waals surface area contributed by atoms with Crippen LogP contribution in [0, 0.1) is 0 Å². The molecule has 0 atom stereocenters. The first-order chi connectivity index (χ1) is 5.41. The Labute approximate surface area is 77.2 Å². The Hall–Kier alpha value is -0.350. The second kappa shape index (κ2) is 3.18. The molecule has 1 rings (SSSR count). The van der Waals surface area contributed by atoms with Crippen molar-refractivity contribution in [1.82, 2.24) is 0 Å². The van der Waals surface area contributed by atoms with Gasteiger partial charge in [-0.25, -0.2) is 8.42 Å². The van der Waals surface area contributed by atoms with Gasteiger partial charge in [0.15, 0.2) is 9.84 Å². The zero-order chi connectivity index (χ0) is 9.35. The molecule has 2 nitrogen and oxygen atoms in total. The summed E-state index contributed by atoms with van der Waals surface area (Å²) in [7, 11) is -3.00. The molecular weight excluding hydrogens is 192 g/mol. The molecule has 68 valence electrons. The number of hydrogen-bond acceptors (Lipinski definition) is 3. The molecule has 0 bridgehead atoms.